The Kier molecular flexibility index (Phi) is 4.86. The van der Waals surface area contributed by atoms with Gasteiger partial charge in [0.05, 0.1) is 6.54 Å². The summed E-state index contributed by atoms with van der Waals surface area (Å²) in [5.41, 5.74) is 0.911. The molecule has 0 atom stereocenters. The third-order valence-corrected chi connectivity index (χ3v) is 2.51. The predicted molar refractivity (Wildman–Crippen MR) is 70.7 cm³/mol. The highest BCUT2D eigenvalue weighted by Gasteiger charge is 2.02. The maximum absolute atomic E-state index is 12.0. The van der Waals surface area contributed by atoms with Crippen LogP contribution in [0, 0.1) is 0 Å². The summed E-state index contributed by atoms with van der Waals surface area (Å²) in [5.74, 6) is 1.45. The number of rotatable bonds is 6. The van der Waals surface area contributed by atoms with Crippen LogP contribution in [0.4, 0.5) is 8.78 Å². The molecule has 0 aliphatic rings. The normalized spacial score (nSPS) is 10.7. The third-order valence-electron chi connectivity index (χ3n) is 2.51. The molecule has 0 saturated heterocycles. The molecular formula is C15H15F2NO. The minimum Gasteiger partial charge on any atom is -0.457 e. The van der Waals surface area contributed by atoms with Crippen molar-refractivity contribution in [3.8, 4) is 11.5 Å². The molecule has 0 bridgehead atoms. The molecule has 2 aromatic rings. The average Bonchev–Trinajstić information content (AvgIpc) is 2.40. The first-order valence-electron chi connectivity index (χ1n) is 6.05. The first-order chi connectivity index (χ1) is 9.24. The van der Waals surface area contributed by atoms with Crippen molar-refractivity contribution in [2.75, 3.05) is 6.54 Å². The van der Waals surface area contributed by atoms with Crippen molar-refractivity contribution in [2.45, 2.75) is 13.0 Å². The second-order valence-corrected chi connectivity index (χ2v) is 4.08. The van der Waals surface area contributed by atoms with Crippen LogP contribution in [0.25, 0.3) is 0 Å². The lowest BCUT2D eigenvalue weighted by atomic mass is 10.2. The van der Waals surface area contributed by atoms with Crippen LogP contribution in [-0.2, 0) is 6.54 Å². The molecule has 19 heavy (non-hydrogen) atoms. The van der Waals surface area contributed by atoms with Crippen molar-refractivity contribution >= 4 is 0 Å². The Morgan fingerprint density at radius 3 is 2.42 bits per heavy atom. The topological polar surface area (TPSA) is 21.3 Å². The molecular weight excluding hydrogens is 248 g/mol. The smallest absolute Gasteiger partial charge is 0.250 e. The Bertz CT molecular complexity index is 503. The third kappa shape index (κ3) is 4.67. The van der Waals surface area contributed by atoms with E-state index in [9.17, 15) is 8.78 Å². The maximum atomic E-state index is 12.0. The van der Waals surface area contributed by atoms with Gasteiger partial charge < -0.3 is 10.1 Å². The van der Waals surface area contributed by atoms with Gasteiger partial charge >= 0.3 is 0 Å². The molecule has 0 aliphatic heterocycles. The molecule has 0 unspecified atom stereocenters. The van der Waals surface area contributed by atoms with Crippen LogP contribution in [0.1, 0.15) is 5.56 Å². The molecule has 4 heteroatoms. The van der Waals surface area contributed by atoms with Crippen molar-refractivity contribution in [3.63, 3.8) is 0 Å². The van der Waals surface area contributed by atoms with E-state index in [0.29, 0.717) is 12.3 Å². The number of nitrogens with one attached hydrogen (secondary N) is 1. The van der Waals surface area contributed by atoms with E-state index in [2.05, 4.69) is 5.32 Å². The highest BCUT2D eigenvalue weighted by Crippen LogP contribution is 2.21. The van der Waals surface area contributed by atoms with Crippen LogP contribution in [0.5, 0.6) is 11.5 Å². The van der Waals surface area contributed by atoms with Gasteiger partial charge in [-0.15, -0.1) is 0 Å². The lowest BCUT2D eigenvalue weighted by Crippen LogP contribution is -2.20. The highest BCUT2D eigenvalue weighted by molar-refractivity contribution is 5.33. The van der Waals surface area contributed by atoms with Gasteiger partial charge in [0.25, 0.3) is 6.43 Å². The molecule has 0 fully saturated rings. The van der Waals surface area contributed by atoms with Crippen LogP contribution in [0.15, 0.2) is 54.6 Å². The summed E-state index contributed by atoms with van der Waals surface area (Å²) in [5, 5.41) is 2.69. The zero-order chi connectivity index (χ0) is 13.5. The maximum Gasteiger partial charge on any atom is 0.250 e. The Morgan fingerprint density at radius 1 is 0.947 bits per heavy atom. The van der Waals surface area contributed by atoms with E-state index in [1.165, 1.54) is 0 Å². The summed E-state index contributed by atoms with van der Waals surface area (Å²) >= 11 is 0. The average molecular weight is 263 g/mol. The lowest BCUT2D eigenvalue weighted by molar-refractivity contribution is 0.145. The van der Waals surface area contributed by atoms with E-state index in [-0.39, 0.29) is 6.54 Å². The van der Waals surface area contributed by atoms with E-state index >= 15 is 0 Å². The monoisotopic (exact) mass is 263 g/mol. The van der Waals surface area contributed by atoms with E-state index in [1.54, 1.807) is 0 Å². The summed E-state index contributed by atoms with van der Waals surface area (Å²) in [6.07, 6.45) is -2.33. The molecule has 0 spiro atoms. The SMILES string of the molecule is FC(F)CNCc1cccc(Oc2ccccc2)c1. The van der Waals surface area contributed by atoms with Gasteiger partial charge in [-0.25, -0.2) is 8.78 Å². The molecule has 2 aromatic carbocycles. The first-order valence-corrected chi connectivity index (χ1v) is 6.05. The highest BCUT2D eigenvalue weighted by atomic mass is 19.3. The fraction of sp³-hybridized carbons (Fsp3) is 0.200. The van der Waals surface area contributed by atoms with E-state index in [0.717, 1.165) is 11.3 Å². The summed E-state index contributed by atoms with van der Waals surface area (Å²) in [7, 11) is 0. The van der Waals surface area contributed by atoms with Crippen LogP contribution in [0.3, 0.4) is 0 Å². The summed E-state index contributed by atoms with van der Waals surface area (Å²) in [6, 6.07) is 16.8. The number of ether oxygens (including phenoxy) is 1. The van der Waals surface area contributed by atoms with Gasteiger partial charge in [-0.05, 0) is 29.8 Å². The molecule has 0 aliphatic carbocycles. The van der Waals surface area contributed by atoms with Crippen LogP contribution >= 0.6 is 0 Å². The predicted octanol–water partition coefficient (Wildman–Crippen LogP) is 3.83. The lowest BCUT2D eigenvalue weighted by Gasteiger charge is -2.08. The fourth-order valence-electron chi connectivity index (χ4n) is 1.67. The number of halogens is 2. The molecule has 100 valence electrons. The van der Waals surface area contributed by atoms with Crippen LogP contribution in [0.2, 0.25) is 0 Å². The van der Waals surface area contributed by atoms with E-state index < -0.39 is 6.43 Å². The molecule has 0 aromatic heterocycles. The van der Waals surface area contributed by atoms with Gasteiger partial charge in [0.1, 0.15) is 11.5 Å². The number of para-hydroxylation sites is 1. The number of hydrogen-bond acceptors (Lipinski definition) is 2. The Balaban J connectivity index is 1.95. The number of benzene rings is 2. The van der Waals surface area contributed by atoms with Crippen molar-refractivity contribution in [2.24, 2.45) is 0 Å². The quantitative estimate of drug-likeness (QED) is 0.855. The molecule has 1 N–H and O–H groups in total. The van der Waals surface area contributed by atoms with Crippen molar-refractivity contribution < 1.29 is 13.5 Å². The van der Waals surface area contributed by atoms with Crippen LogP contribution < -0.4 is 10.1 Å². The molecule has 2 rings (SSSR count). The summed E-state index contributed by atoms with van der Waals surface area (Å²) < 4.78 is 29.7. The number of alkyl halides is 2. The molecule has 0 radical (unpaired) electrons. The largest absolute Gasteiger partial charge is 0.457 e. The molecule has 0 amide bonds. The second-order valence-electron chi connectivity index (χ2n) is 4.08. The Morgan fingerprint density at radius 2 is 1.68 bits per heavy atom. The minimum atomic E-state index is -2.33. The van der Waals surface area contributed by atoms with Gasteiger partial charge in [-0.1, -0.05) is 30.3 Å². The van der Waals surface area contributed by atoms with Crippen molar-refractivity contribution in [3.05, 3.63) is 60.2 Å². The minimum absolute atomic E-state index is 0.302. The zero-order valence-corrected chi connectivity index (χ0v) is 10.4. The summed E-state index contributed by atoms with van der Waals surface area (Å²) in [4.78, 5) is 0. The Labute approximate surface area is 111 Å². The Hall–Kier alpha value is -1.94. The van der Waals surface area contributed by atoms with Gasteiger partial charge in [0.2, 0.25) is 0 Å². The van der Waals surface area contributed by atoms with Gasteiger partial charge in [0.15, 0.2) is 0 Å². The van der Waals surface area contributed by atoms with Crippen molar-refractivity contribution in [1.82, 2.24) is 5.32 Å². The fourth-order valence-corrected chi connectivity index (χ4v) is 1.67. The number of hydrogen-bond donors (Lipinski definition) is 1. The summed E-state index contributed by atoms with van der Waals surface area (Å²) in [6.45, 7) is 0.0973. The van der Waals surface area contributed by atoms with Gasteiger partial charge in [0, 0.05) is 6.54 Å². The zero-order valence-electron chi connectivity index (χ0n) is 10.4. The second kappa shape index (κ2) is 6.85. The van der Waals surface area contributed by atoms with E-state index in [4.69, 9.17) is 4.74 Å². The van der Waals surface area contributed by atoms with Crippen LogP contribution in [-0.4, -0.2) is 13.0 Å². The molecule has 0 heterocycles. The standard InChI is InChI=1S/C15H15F2NO/c16-15(17)11-18-10-12-5-4-8-14(9-12)19-13-6-2-1-3-7-13/h1-9,15,18H,10-11H2. The molecule has 0 saturated carbocycles. The van der Waals surface area contributed by atoms with Gasteiger partial charge in [-0.3, -0.25) is 0 Å². The van der Waals surface area contributed by atoms with Crippen molar-refractivity contribution in [1.29, 1.82) is 0 Å². The van der Waals surface area contributed by atoms with Gasteiger partial charge in [-0.2, -0.15) is 0 Å². The first kappa shape index (κ1) is 13.5. The molecule has 2 nitrogen and oxygen atoms in total. The van der Waals surface area contributed by atoms with E-state index in [1.807, 2.05) is 54.6 Å².